The average molecular weight is 370 g/mol. The molecule has 0 fully saturated rings. The molecule has 5 heteroatoms. The highest BCUT2D eigenvalue weighted by molar-refractivity contribution is 6.06. The highest BCUT2D eigenvalue weighted by atomic mass is 16.3. The van der Waals surface area contributed by atoms with Gasteiger partial charge in [0.25, 0.3) is 5.56 Å². The van der Waals surface area contributed by atoms with Crippen LogP contribution in [0.25, 0.3) is 16.6 Å². The van der Waals surface area contributed by atoms with Crippen molar-refractivity contribution in [2.45, 2.75) is 6.92 Å². The largest absolute Gasteiger partial charge is 0.508 e. The number of rotatable bonds is 3. The maximum Gasteiger partial charge on any atom is 0.268 e. The van der Waals surface area contributed by atoms with E-state index in [1.165, 1.54) is 6.07 Å². The molecular weight excluding hydrogens is 352 g/mol. The van der Waals surface area contributed by atoms with Crippen LogP contribution in [0, 0.1) is 0 Å². The van der Waals surface area contributed by atoms with Gasteiger partial charge in [0.2, 0.25) is 0 Å². The fraction of sp³-hybridized carbons (Fsp3) is 0.0435. The van der Waals surface area contributed by atoms with Gasteiger partial charge in [0.1, 0.15) is 17.1 Å². The Bertz CT molecular complexity index is 1260. The number of aromatic nitrogens is 1. The highest BCUT2D eigenvalue weighted by Gasteiger charge is 2.19. The molecule has 0 aliphatic heterocycles. The van der Waals surface area contributed by atoms with Crippen molar-refractivity contribution >= 4 is 22.3 Å². The van der Waals surface area contributed by atoms with Crippen LogP contribution < -0.4 is 5.56 Å². The van der Waals surface area contributed by atoms with E-state index in [-0.39, 0.29) is 22.6 Å². The van der Waals surface area contributed by atoms with Gasteiger partial charge in [-0.25, -0.2) is 0 Å². The minimum Gasteiger partial charge on any atom is -0.508 e. The molecule has 0 saturated heterocycles. The monoisotopic (exact) mass is 370 g/mol. The third-order valence-electron chi connectivity index (χ3n) is 4.56. The van der Waals surface area contributed by atoms with Crippen LogP contribution in [0.15, 0.2) is 88.6 Å². The van der Waals surface area contributed by atoms with E-state index in [0.29, 0.717) is 28.0 Å². The Morgan fingerprint density at radius 3 is 2.36 bits per heavy atom. The minimum absolute atomic E-state index is 0.0819. The van der Waals surface area contributed by atoms with Crippen LogP contribution in [0.1, 0.15) is 12.5 Å². The second kappa shape index (κ2) is 7.04. The van der Waals surface area contributed by atoms with Crippen molar-refractivity contribution in [3.63, 3.8) is 0 Å². The van der Waals surface area contributed by atoms with Crippen LogP contribution in [0.5, 0.6) is 11.5 Å². The van der Waals surface area contributed by atoms with Crippen LogP contribution in [-0.2, 0) is 0 Å². The molecule has 0 radical (unpaired) electrons. The first-order valence-electron chi connectivity index (χ1n) is 8.83. The third kappa shape index (κ3) is 3.03. The van der Waals surface area contributed by atoms with E-state index in [2.05, 4.69) is 4.99 Å². The summed E-state index contributed by atoms with van der Waals surface area (Å²) in [6, 6.07) is 22.9. The van der Waals surface area contributed by atoms with Crippen LogP contribution in [0.4, 0.5) is 5.69 Å². The predicted molar refractivity (Wildman–Crippen MR) is 111 cm³/mol. The van der Waals surface area contributed by atoms with Gasteiger partial charge >= 0.3 is 0 Å². The molecule has 0 amide bonds. The molecule has 28 heavy (non-hydrogen) atoms. The summed E-state index contributed by atoms with van der Waals surface area (Å²) in [5, 5.41) is 21.1. The smallest absolute Gasteiger partial charge is 0.268 e. The quantitative estimate of drug-likeness (QED) is 0.520. The van der Waals surface area contributed by atoms with Crippen molar-refractivity contribution in [3.8, 4) is 17.2 Å². The molecule has 0 spiro atoms. The number of benzene rings is 3. The van der Waals surface area contributed by atoms with E-state index in [9.17, 15) is 15.0 Å². The lowest BCUT2D eigenvalue weighted by Crippen LogP contribution is -2.25. The Balaban J connectivity index is 2.03. The maximum atomic E-state index is 13.4. The molecule has 0 aliphatic rings. The number of para-hydroxylation sites is 2. The Hall–Kier alpha value is -3.86. The number of hydrogen-bond donors (Lipinski definition) is 2. The summed E-state index contributed by atoms with van der Waals surface area (Å²) in [7, 11) is 0. The van der Waals surface area contributed by atoms with E-state index < -0.39 is 0 Å². The van der Waals surface area contributed by atoms with Gasteiger partial charge < -0.3 is 10.2 Å². The molecule has 0 unspecified atom stereocenters. The molecule has 5 nitrogen and oxygen atoms in total. The van der Waals surface area contributed by atoms with Crippen molar-refractivity contribution < 1.29 is 10.2 Å². The zero-order chi connectivity index (χ0) is 19.7. The predicted octanol–water partition coefficient (Wildman–Crippen LogP) is 4.54. The zero-order valence-electron chi connectivity index (χ0n) is 15.2. The molecular formula is C23H18N2O3. The number of hydrogen-bond acceptors (Lipinski definition) is 4. The SMILES string of the molecule is CC(=Nc1cccc(O)c1)c1c(O)c2ccccc2n(-c2ccccc2)c1=O. The summed E-state index contributed by atoms with van der Waals surface area (Å²) in [4.78, 5) is 17.8. The van der Waals surface area contributed by atoms with E-state index in [4.69, 9.17) is 0 Å². The number of pyridine rings is 1. The van der Waals surface area contributed by atoms with Gasteiger partial charge in [-0.2, -0.15) is 0 Å². The number of nitrogens with zero attached hydrogens (tertiary/aromatic N) is 2. The van der Waals surface area contributed by atoms with Gasteiger partial charge in [0.05, 0.1) is 16.9 Å². The first-order chi connectivity index (χ1) is 13.6. The van der Waals surface area contributed by atoms with E-state index >= 15 is 0 Å². The third-order valence-corrected chi connectivity index (χ3v) is 4.56. The lowest BCUT2D eigenvalue weighted by atomic mass is 10.1. The summed E-state index contributed by atoms with van der Waals surface area (Å²) in [5.74, 6) is -0.0207. The second-order valence-corrected chi connectivity index (χ2v) is 6.43. The lowest BCUT2D eigenvalue weighted by Gasteiger charge is -2.15. The molecule has 0 saturated carbocycles. The molecule has 138 valence electrons. The standard InChI is InChI=1S/C23H18N2O3/c1-15(24-16-8-7-11-18(26)14-16)21-22(27)19-12-5-6-13-20(19)25(23(21)28)17-9-3-2-4-10-17/h2-14,26-27H,1H3. The van der Waals surface area contributed by atoms with E-state index in [0.717, 1.165) is 0 Å². The van der Waals surface area contributed by atoms with Crippen LogP contribution in [-0.4, -0.2) is 20.5 Å². The van der Waals surface area contributed by atoms with Gasteiger partial charge in [-0.3, -0.25) is 14.4 Å². The van der Waals surface area contributed by atoms with Crippen molar-refractivity contribution in [1.82, 2.24) is 4.57 Å². The minimum atomic E-state index is -0.358. The normalized spacial score (nSPS) is 11.7. The summed E-state index contributed by atoms with van der Waals surface area (Å²) in [6.45, 7) is 1.67. The first-order valence-corrected chi connectivity index (χ1v) is 8.83. The van der Waals surface area contributed by atoms with Gasteiger partial charge in [-0.1, -0.05) is 36.4 Å². The number of aliphatic imine (C=N–C) groups is 1. The van der Waals surface area contributed by atoms with Crippen molar-refractivity contribution in [2.75, 3.05) is 0 Å². The fourth-order valence-corrected chi connectivity index (χ4v) is 3.30. The zero-order valence-corrected chi connectivity index (χ0v) is 15.2. The Labute approximate surface area is 161 Å². The van der Waals surface area contributed by atoms with E-state index in [1.807, 2.05) is 42.5 Å². The maximum absolute atomic E-state index is 13.4. The molecule has 0 atom stereocenters. The molecule has 4 aromatic rings. The highest BCUT2D eigenvalue weighted by Crippen LogP contribution is 2.29. The van der Waals surface area contributed by atoms with E-state index in [1.54, 1.807) is 41.8 Å². The van der Waals surface area contributed by atoms with Gasteiger partial charge in [-0.05, 0) is 43.3 Å². The Kier molecular flexibility index (Phi) is 4.41. The molecule has 0 aliphatic carbocycles. The fourth-order valence-electron chi connectivity index (χ4n) is 3.30. The van der Waals surface area contributed by atoms with Gasteiger partial charge in [0, 0.05) is 17.1 Å². The lowest BCUT2D eigenvalue weighted by molar-refractivity contribution is 0.475. The number of phenols is 1. The van der Waals surface area contributed by atoms with Crippen LogP contribution in [0.2, 0.25) is 0 Å². The van der Waals surface area contributed by atoms with Crippen LogP contribution in [0.3, 0.4) is 0 Å². The molecule has 1 aromatic heterocycles. The molecule has 0 bridgehead atoms. The second-order valence-electron chi connectivity index (χ2n) is 6.43. The average Bonchev–Trinajstić information content (AvgIpc) is 2.69. The topological polar surface area (TPSA) is 74.8 Å². The van der Waals surface area contributed by atoms with Crippen LogP contribution >= 0.6 is 0 Å². The summed E-state index contributed by atoms with van der Waals surface area (Å²) in [5.41, 5.74) is 1.95. The first kappa shape index (κ1) is 17.5. The summed E-state index contributed by atoms with van der Waals surface area (Å²) < 4.78 is 1.58. The molecule has 4 rings (SSSR count). The van der Waals surface area contributed by atoms with Gasteiger partial charge in [-0.15, -0.1) is 0 Å². The molecule has 2 N–H and O–H groups in total. The number of aromatic hydroxyl groups is 2. The number of fused-ring (bicyclic) bond motifs is 1. The van der Waals surface area contributed by atoms with Crippen molar-refractivity contribution in [1.29, 1.82) is 0 Å². The number of phenolic OH excluding ortho intramolecular Hbond substituents is 1. The Morgan fingerprint density at radius 2 is 1.61 bits per heavy atom. The van der Waals surface area contributed by atoms with Crippen molar-refractivity contribution in [3.05, 3.63) is 94.8 Å². The molecule has 3 aromatic carbocycles. The Morgan fingerprint density at radius 1 is 0.893 bits per heavy atom. The molecule has 1 heterocycles. The summed E-state index contributed by atoms with van der Waals surface area (Å²) in [6.07, 6.45) is 0. The summed E-state index contributed by atoms with van der Waals surface area (Å²) >= 11 is 0. The van der Waals surface area contributed by atoms with Crippen molar-refractivity contribution in [2.24, 2.45) is 4.99 Å². The van der Waals surface area contributed by atoms with Gasteiger partial charge in [0.15, 0.2) is 0 Å².